The first-order valence-corrected chi connectivity index (χ1v) is 7.90. The van der Waals surface area contributed by atoms with Gasteiger partial charge in [-0.3, -0.25) is 0 Å². The van der Waals surface area contributed by atoms with E-state index in [1.807, 2.05) is 42.5 Å². The van der Waals surface area contributed by atoms with Gasteiger partial charge in [0, 0.05) is 23.7 Å². The maximum Gasteiger partial charge on any atom is 0.166 e. The van der Waals surface area contributed by atoms with E-state index < -0.39 is 0 Å². The van der Waals surface area contributed by atoms with Crippen LogP contribution in [0, 0.1) is 0 Å². The molecular formula is C18H23Cl2NO3. The molecule has 0 bridgehead atoms. The van der Waals surface area contributed by atoms with Gasteiger partial charge in [-0.1, -0.05) is 35.9 Å². The molecule has 1 atom stereocenters. The van der Waals surface area contributed by atoms with Gasteiger partial charge in [0.25, 0.3) is 0 Å². The van der Waals surface area contributed by atoms with Crippen LogP contribution in [0.3, 0.4) is 0 Å². The van der Waals surface area contributed by atoms with Crippen LogP contribution in [0.1, 0.15) is 18.1 Å². The van der Waals surface area contributed by atoms with Crippen LogP contribution in [-0.2, 0) is 13.2 Å². The molecule has 2 aromatic carbocycles. The Kier molecular flexibility index (Phi) is 8.93. The highest BCUT2D eigenvalue weighted by molar-refractivity contribution is 6.30. The van der Waals surface area contributed by atoms with Crippen molar-refractivity contribution >= 4 is 24.0 Å². The Bertz CT molecular complexity index is 618. The minimum absolute atomic E-state index is 0. The number of ether oxygens (including phenoxy) is 2. The number of nitrogens with one attached hydrogen (secondary N) is 1. The molecule has 0 radical (unpaired) electrons. The van der Waals surface area contributed by atoms with Crippen molar-refractivity contribution in [1.29, 1.82) is 0 Å². The average molecular weight is 372 g/mol. The summed E-state index contributed by atoms with van der Waals surface area (Å²) in [5, 5.41) is 13.2. The summed E-state index contributed by atoms with van der Waals surface area (Å²) in [4.78, 5) is 0. The monoisotopic (exact) mass is 371 g/mol. The summed E-state index contributed by atoms with van der Waals surface area (Å²) in [6.07, 6.45) is -0.390. The highest BCUT2D eigenvalue weighted by Gasteiger charge is 2.11. The molecule has 2 rings (SSSR count). The number of hydrogen-bond donors (Lipinski definition) is 2. The second kappa shape index (κ2) is 10.4. The van der Waals surface area contributed by atoms with E-state index in [0.717, 1.165) is 11.1 Å². The Morgan fingerprint density at radius 2 is 1.88 bits per heavy atom. The Morgan fingerprint density at radius 3 is 2.50 bits per heavy atom. The van der Waals surface area contributed by atoms with Crippen molar-refractivity contribution in [3.05, 3.63) is 58.6 Å². The normalized spacial score (nSPS) is 11.5. The van der Waals surface area contributed by atoms with E-state index in [1.165, 1.54) is 0 Å². The van der Waals surface area contributed by atoms with Crippen LogP contribution in [0.15, 0.2) is 42.5 Å². The first kappa shape index (κ1) is 20.6. The van der Waals surface area contributed by atoms with E-state index in [2.05, 4.69) is 5.32 Å². The first-order valence-electron chi connectivity index (χ1n) is 7.52. The summed E-state index contributed by atoms with van der Waals surface area (Å²) in [5.41, 5.74) is 2.02. The van der Waals surface area contributed by atoms with Gasteiger partial charge in [0.1, 0.15) is 6.61 Å². The van der Waals surface area contributed by atoms with Crippen molar-refractivity contribution in [1.82, 2.24) is 5.32 Å². The molecule has 0 amide bonds. The highest BCUT2D eigenvalue weighted by Crippen LogP contribution is 2.31. The lowest BCUT2D eigenvalue weighted by atomic mass is 10.1. The van der Waals surface area contributed by atoms with Crippen molar-refractivity contribution in [3.63, 3.8) is 0 Å². The van der Waals surface area contributed by atoms with E-state index in [0.29, 0.717) is 36.2 Å². The van der Waals surface area contributed by atoms with Crippen LogP contribution in [0.4, 0.5) is 0 Å². The fourth-order valence-corrected chi connectivity index (χ4v) is 2.30. The topological polar surface area (TPSA) is 50.7 Å². The van der Waals surface area contributed by atoms with Gasteiger partial charge >= 0.3 is 0 Å². The molecule has 0 aliphatic heterocycles. The van der Waals surface area contributed by atoms with E-state index >= 15 is 0 Å². The summed E-state index contributed by atoms with van der Waals surface area (Å²) >= 11 is 5.89. The zero-order valence-electron chi connectivity index (χ0n) is 13.8. The number of halogens is 2. The van der Waals surface area contributed by atoms with Crippen LogP contribution in [0.5, 0.6) is 11.5 Å². The number of hydrogen-bond acceptors (Lipinski definition) is 4. The van der Waals surface area contributed by atoms with Crippen LogP contribution >= 0.6 is 24.0 Å². The van der Waals surface area contributed by atoms with E-state index in [9.17, 15) is 5.11 Å². The van der Waals surface area contributed by atoms with Crippen molar-refractivity contribution in [2.45, 2.75) is 26.2 Å². The molecule has 0 aliphatic rings. The van der Waals surface area contributed by atoms with Gasteiger partial charge in [-0.15, -0.1) is 12.4 Å². The van der Waals surface area contributed by atoms with Crippen LogP contribution < -0.4 is 14.8 Å². The fourth-order valence-electron chi connectivity index (χ4n) is 2.18. The maximum absolute atomic E-state index is 9.35. The molecule has 132 valence electrons. The van der Waals surface area contributed by atoms with Crippen LogP contribution in [0.25, 0.3) is 0 Å². The number of aliphatic hydroxyl groups excluding tert-OH is 1. The van der Waals surface area contributed by atoms with Crippen molar-refractivity contribution in [2.24, 2.45) is 0 Å². The quantitative estimate of drug-likeness (QED) is 0.740. The molecule has 0 saturated heterocycles. The molecule has 24 heavy (non-hydrogen) atoms. The molecule has 0 saturated carbocycles. The number of rotatable bonds is 8. The third-order valence-electron chi connectivity index (χ3n) is 3.33. The first-order chi connectivity index (χ1) is 11.1. The summed E-state index contributed by atoms with van der Waals surface area (Å²) in [5.74, 6) is 1.40. The molecule has 6 heteroatoms. The van der Waals surface area contributed by atoms with Gasteiger partial charge < -0.3 is 19.9 Å². The summed E-state index contributed by atoms with van der Waals surface area (Å²) in [6, 6.07) is 13.3. The molecule has 0 aliphatic carbocycles. The van der Waals surface area contributed by atoms with E-state index in [4.69, 9.17) is 21.1 Å². The lowest BCUT2D eigenvalue weighted by molar-refractivity contribution is 0.190. The summed E-state index contributed by atoms with van der Waals surface area (Å²) in [7, 11) is 1.62. The zero-order valence-corrected chi connectivity index (χ0v) is 15.4. The number of para-hydroxylation sites is 1. The average Bonchev–Trinajstić information content (AvgIpc) is 2.54. The standard InChI is InChI=1S/C18H22ClNO3.ClH/c1-13(21)10-20-11-15-4-3-5-17(22-2)18(15)23-12-14-6-8-16(19)9-7-14;/h3-9,13,20-21H,10-12H2,1-2H3;1H. The maximum atomic E-state index is 9.35. The van der Waals surface area contributed by atoms with Crippen molar-refractivity contribution in [2.75, 3.05) is 13.7 Å². The number of aliphatic hydroxyl groups is 1. The zero-order chi connectivity index (χ0) is 16.7. The van der Waals surface area contributed by atoms with Gasteiger partial charge in [-0.05, 0) is 30.7 Å². The molecular weight excluding hydrogens is 349 g/mol. The van der Waals surface area contributed by atoms with Gasteiger partial charge in [0.15, 0.2) is 11.5 Å². The van der Waals surface area contributed by atoms with Crippen molar-refractivity contribution in [3.8, 4) is 11.5 Å². The lowest BCUT2D eigenvalue weighted by Crippen LogP contribution is -2.24. The molecule has 2 aromatic rings. The van der Waals surface area contributed by atoms with Crippen LogP contribution in [-0.4, -0.2) is 24.9 Å². The Labute approximate surface area is 154 Å². The largest absolute Gasteiger partial charge is 0.493 e. The van der Waals surface area contributed by atoms with E-state index in [1.54, 1.807) is 14.0 Å². The van der Waals surface area contributed by atoms with Gasteiger partial charge in [-0.25, -0.2) is 0 Å². The lowest BCUT2D eigenvalue weighted by Gasteiger charge is -2.16. The SMILES string of the molecule is COc1cccc(CNCC(C)O)c1OCc1ccc(Cl)cc1.Cl. The number of benzene rings is 2. The smallest absolute Gasteiger partial charge is 0.166 e. The predicted molar refractivity (Wildman–Crippen MR) is 99.4 cm³/mol. The van der Waals surface area contributed by atoms with Gasteiger partial charge in [-0.2, -0.15) is 0 Å². The second-order valence-corrected chi connectivity index (χ2v) is 5.78. The predicted octanol–water partition coefficient (Wildman–Crippen LogP) is 3.82. The minimum Gasteiger partial charge on any atom is -0.493 e. The fraction of sp³-hybridized carbons (Fsp3) is 0.333. The molecule has 0 spiro atoms. The van der Waals surface area contributed by atoms with Gasteiger partial charge in [0.2, 0.25) is 0 Å². The molecule has 0 aromatic heterocycles. The summed E-state index contributed by atoms with van der Waals surface area (Å²) < 4.78 is 11.4. The third kappa shape index (κ3) is 6.21. The Morgan fingerprint density at radius 1 is 1.17 bits per heavy atom. The van der Waals surface area contributed by atoms with Crippen molar-refractivity contribution < 1.29 is 14.6 Å². The Hall–Kier alpha value is -1.46. The molecule has 2 N–H and O–H groups in total. The second-order valence-electron chi connectivity index (χ2n) is 5.34. The third-order valence-corrected chi connectivity index (χ3v) is 3.58. The van der Waals surface area contributed by atoms with Gasteiger partial charge in [0.05, 0.1) is 13.2 Å². The van der Waals surface area contributed by atoms with E-state index in [-0.39, 0.29) is 18.5 Å². The summed E-state index contributed by atoms with van der Waals surface area (Å²) in [6.45, 7) is 3.29. The highest BCUT2D eigenvalue weighted by atomic mass is 35.5. The van der Waals surface area contributed by atoms with Crippen LogP contribution in [0.2, 0.25) is 5.02 Å². The molecule has 0 heterocycles. The Balaban J connectivity index is 0.00000288. The molecule has 4 nitrogen and oxygen atoms in total. The number of methoxy groups -OCH3 is 1. The molecule has 1 unspecified atom stereocenters. The minimum atomic E-state index is -0.390. The molecule has 0 fully saturated rings.